The van der Waals surface area contributed by atoms with Crippen LogP contribution < -0.4 is 10.6 Å². The molecular weight excluding hydrogens is 206 g/mol. The fourth-order valence-corrected chi connectivity index (χ4v) is 2.45. The molecule has 0 bridgehead atoms. The van der Waals surface area contributed by atoms with Gasteiger partial charge < -0.3 is 10.6 Å². The summed E-state index contributed by atoms with van der Waals surface area (Å²) in [6.07, 6.45) is 1.87. The van der Waals surface area contributed by atoms with Gasteiger partial charge in [0.1, 0.15) is 5.01 Å². The highest BCUT2D eigenvalue weighted by atomic mass is 32.1. The predicted molar refractivity (Wildman–Crippen MR) is 64.1 cm³/mol. The van der Waals surface area contributed by atoms with Gasteiger partial charge in [0, 0.05) is 11.6 Å². The zero-order chi connectivity index (χ0) is 10.7. The third kappa shape index (κ3) is 2.77. The molecule has 0 radical (unpaired) electrons. The van der Waals surface area contributed by atoms with Gasteiger partial charge in [0.15, 0.2) is 0 Å². The minimum Gasteiger partial charge on any atom is -0.316 e. The van der Waals surface area contributed by atoms with E-state index in [1.807, 2.05) is 11.6 Å². The highest BCUT2D eigenvalue weighted by molar-refractivity contribution is 7.09. The van der Waals surface area contributed by atoms with Crippen molar-refractivity contribution in [1.29, 1.82) is 0 Å². The molecule has 1 aromatic heterocycles. The Morgan fingerprint density at radius 1 is 1.60 bits per heavy atom. The van der Waals surface area contributed by atoms with Crippen LogP contribution in [0.4, 0.5) is 0 Å². The number of nitrogens with zero attached hydrogens (tertiary/aromatic N) is 1. The molecule has 1 aliphatic heterocycles. The van der Waals surface area contributed by atoms with E-state index in [4.69, 9.17) is 0 Å². The van der Waals surface area contributed by atoms with Gasteiger partial charge in [-0.1, -0.05) is 6.92 Å². The summed E-state index contributed by atoms with van der Waals surface area (Å²) in [5.41, 5.74) is 0. The standard InChI is InChI=1S/C11H19N3S/c1-8(10-6-12-7-10)5-14-9(2)11-13-3-4-15-11/h3-4,8-10,12,14H,5-7H2,1-2H3. The average Bonchev–Trinajstić information content (AvgIpc) is 2.63. The Hall–Kier alpha value is -0.450. The van der Waals surface area contributed by atoms with Crippen LogP contribution in [0.25, 0.3) is 0 Å². The van der Waals surface area contributed by atoms with Crippen LogP contribution in [0.5, 0.6) is 0 Å². The first-order valence-electron chi connectivity index (χ1n) is 5.61. The van der Waals surface area contributed by atoms with E-state index in [1.165, 1.54) is 18.1 Å². The van der Waals surface area contributed by atoms with E-state index in [1.54, 1.807) is 11.3 Å². The Morgan fingerprint density at radius 3 is 2.93 bits per heavy atom. The number of aromatic nitrogens is 1. The molecule has 0 aliphatic carbocycles. The largest absolute Gasteiger partial charge is 0.316 e. The second-order valence-electron chi connectivity index (χ2n) is 4.40. The number of hydrogen-bond donors (Lipinski definition) is 2. The first-order chi connectivity index (χ1) is 7.27. The Morgan fingerprint density at radius 2 is 2.40 bits per heavy atom. The Bertz CT molecular complexity index is 282. The van der Waals surface area contributed by atoms with Gasteiger partial charge in [0.25, 0.3) is 0 Å². The molecular formula is C11H19N3S. The summed E-state index contributed by atoms with van der Waals surface area (Å²) in [4.78, 5) is 4.32. The second kappa shape index (κ2) is 5.05. The van der Waals surface area contributed by atoms with Crippen molar-refractivity contribution < 1.29 is 0 Å². The smallest absolute Gasteiger partial charge is 0.109 e. The summed E-state index contributed by atoms with van der Waals surface area (Å²) >= 11 is 1.72. The van der Waals surface area contributed by atoms with Crippen molar-refractivity contribution >= 4 is 11.3 Å². The molecule has 0 saturated carbocycles. The molecule has 2 rings (SSSR count). The summed E-state index contributed by atoms with van der Waals surface area (Å²) in [6.45, 7) is 7.98. The SMILES string of the molecule is CC(NCC(C)C1CNC1)c1nccs1. The predicted octanol–water partition coefficient (Wildman–Crippen LogP) is 1.65. The lowest BCUT2D eigenvalue weighted by Crippen LogP contribution is -2.47. The van der Waals surface area contributed by atoms with Crippen LogP contribution in [0, 0.1) is 11.8 Å². The van der Waals surface area contributed by atoms with Crippen molar-refractivity contribution in [3.05, 3.63) is 16.6 Å². The maximum atomic E-state index is 4.32. The molecule has 0 aromatic carbocycles. The summed E-state index contributed by atoms with van der Waals surface area (Å²) in [5.74, 6) is 1.62. The van der Waals surface area contributed by atoms with E-state index >= 15 is 0 Å². The van der Waals surface area contributed by atoms with E-state index in [0.29, 0.717) is 6.04 Å². The zero-order valence-electron chi connectivity index (χ0n) is 9.36. The van der Waals surface area contributed by atoms with Crippen LogP contribution >= 0.6 is 11.3 Å². The highest BCUT2D eigenvalue weighted by Gasteiger charge is 2.23. The number of rotatable bonds is 5. The molecule has 15 heavy (non-hydrogen) atoms. The van der Waals surface area contributed by atoms with Gasteiger partial charge in [-0.25, -0.2) is 4.98 Å². The Kier molecular flexibility index (Phi) is 3.72. The molecule has 2 atom stereocenters. The van der Waals surface area contributed by atoms with Gasteiger partial charge in [-0.05, 0) is 38.4 Å². The average molecular weight is 225 g/mol. The Balaban J connectivity index is 1.72. The number of hydrogen-bond acceptors (Lipinski definition) is 4. The van der Waals surface area contributed by atoms with Crippen LogP contribution in [0.3, 0.4) is 0 Å². The first-order valence-corrected chi connectivity index (χ1v) is 6.49. The van der Waals surface area contributed by atoms with Gasteiger partial charge in [-0.15, -0.1) is 11.3 Å². The summed E-state index contributed by atoms with van der Waals surface area (Å²) in [6, 6.07) is 0.389. The molecule has 1 aromatic rings. The fraction of sp³-hybridized carbons (Fsp3) is 0.727. The highest BCUT2D eigenvalue weighted by Crippen LogP contribution is 2.18. The van der Waals surface area contributed by atoms with Crippen LogP contribution in [0.2, 0.25) is 0 Å². The van der Waals surface area contributed by atoms with Gasteiger partial charge in [0.05, 0.1) is 6.04 Å². The summed E-state index contributed by atoms with van der Waals surface area (Å²) in [7, 11) is 0. The lowest BCUT2D eigenvalue weighted by molar-refractivity contribution is 0.238. The third-order valence-electron chi connectivity index (χ3n) is 3.19. The third-order valence-corrected chi connectivity index (χ3v) is 4.14. The minimum atomic E-state index is 0.389. The van der Waals surface area contributed by atoms with E-state index < -0.39 is 0 Å². The monoisotopic (exact) mass is 225 g/mol. The van der Waals surface area contributed by atoms with Gasteiger partial charge >= 0.3 is 0 Å². The summed E-state index contributed by atoms with van der Waals surface area (Å²) in [5, 5.41) is 10.1. The molecule has 1 fully saturated rings. The van der Waals surface area contributed by atoms with Crippen molar-refractivity contribution in [3.8, 4) is 0 Å². The Labute approximate surface area is 95.3 Å². The van der Waals surface area contributed by atoms with Gasteiger partial charge in [0.2, 0.25) is 0 Å². The molecule has 2 heterocycles. The van der Waals surface area contributed by atoms with Gasteiger partial charge in [-0.2, -0.15) is 0 Å². The molecule has 3 nitrogen and oxygen atoms in total. The molecule has 4 heteroatoms. The molecule has 2 N–H and O–H groups in total. The lowest BCUT2D eigenvalue weighted by Gasteiger charge is -2.33. The van der Waals surface area contributed by atoms with E-state index in [0.717, 1.165) is 18.4 Å². The van der Waals surface area contributed by atoms with Gasteiger partial charge in [-0.3, -0.25) is 0 Å². The van der Waals surface area contributed by atoms with E-state index in [2.05, 4.69) is 29.5 Å². The lowest BCUT2D eigenvalue weighted by atomic mass is 9.89. The first kappa shape index (κ1) is 11.0. The maximum Gasteiger partial charge on any atom is 0.109 e. The van der Waals surface area contributed by atoms with Crippen LogP contribution in [-0.4, -0.2) is 24.6 Å². The minimum absolute atomic E-state index is 0.389. The van der Waals surface area contributed by atoms with Crippen molar-refractivity contribution in [2.45, 2.75) is 19.9 Å². The van der Waals surface area contributed by atoms with Crippen molar-refractivity contribution in [3.63, 3.8) is 0 Å². The zero-order valence-corrected chi connectivity index (χ0v) is 10.2. The molecule has 84 valence electrons. The van der Waals surface area contributed by atoms with E-state index in [9.17, 15) is 0 Å². The van der Waals surface area contributed by atoms with Crippen LogP contribution in [0.1, 0.15) is 24.9 Å². The normalized spacial score (nSPS) is 20.9. The van der Waals surface area contributed by atoms with Crippen molar-refractivity contribution in [2.24, 2.45) is 11.8 Å². The molecule has 0 amide bonds. The molecule has 0 spiro atoms. The topological polar surface area (TPSA) is 37.0 Å². The fourth-order valence-electron chi connectivity index (χ4n) is 1.78. The second-order valence-corrected chi connectivity index (χ2v) is 5.32. The quantitative estimate of drug-likeness (QED) is 0.800. The summed E-state index contributed by atoms with van der Waals surface area (Å²) < 4.78 is 0. The number of thiazole rings is 1. The van der Waals surface area contributed by atoms with Crippen molar-refractivity contribution in [1.82, 2.24) is 15.6 Å². The number of nitrogens with one attached hydrogen (secondary N) is 2. The molecule has 2 unspecified atom stereocenters. The molecule has 1 aliphatic rings. The van der Waals surface area contributed by atoms with E-state index in [-0.39, 0.29) is 0 Å². The molecule has 1 saturated heterocycles. The van der Waals surface area contributed by atoms with Crippen LogP contribution in [-0.2, 0) is 0 Å². The van der Waals surface area contributed by atoms with Crippen molar-refractivity contribution in [2.75, 3.05) is 19.6 Å². The maximum absolute atomic E-state index is 4.32. The van der Waals surface area contributed by atoms with Crippen LogP contribution in [0.15, 0.2) is 11.6 Å².